The van der Waals surface area contributed by atoms with Crippen molar-refractivity contribution in [1.82, 2.24) is 14.9 Å². The van der Waals surface area contributed by atoms with Crippen LogP contribution in [0.1, 0.15) is 35.5 Å². The Kier molecular flexibility index (Phi) is 4.10. The molecule has 1 fully saturated rings. The highest BCUT2D eigenvalue weighted by molar-refractivity contribution is 5.48. The van der Waals surface area contributed by atoms with Crippen molar-refractivity contribution >= 4 is 5.69 Å². The van der Waals surface area contributed by atoms with E-state index in [1.807, 2.05) is 6.92 Å². The number of benzene rings is 1. The van der Waals surface area contributed by atoms with Gasteiger partial charge < -0.3 is 9.88 Å². The van der Waals surface area contributed by atoms with Gasteiger partial charge in [-0.3, -0.25) is 9.69 Å². The molecule has 0 radical (unpaired) electrons. The van der Waals surface area contributed by atoms with Gasteiger partial charge in [0.05, 0.1) is 5.69 Å². The molecule has 0 amide bonds. The van der Waals surface area contributed by atoms with E-state index in [0.29, 0.717) is 5.82 Å². The molecule has 2 aliphatic rings. The molecule has 0 unspecified atom stereocenters. The minimum absolute atomic E-state index is 0.0344. The molecular formula is C19H24N4O. The normalized spacial score (nSPS) is 18.0. The summed E-state index contributed by atoms with van der Waals surface area (Å²) in [5, 5.41) is 0. The first-order chi connectivity index (χ1) is 11.7. The number of nitrogens with zero attached hydrogens (tertiary/aromatic N) is 3. The Morgan fingerprint density at radius 3 is 2.62 bits per heavy atom. The van der Waals surface area contributed by atoms with Gasteiger partial charge in [-0.25, -0.2) is 4.98 Å². The van der Waals surface area contributed by atoms with Gasteiger partial charge in [-0.1, -0.05) is 12.1 Å². The maximum absolute atomic E-state index is 12.0. The van der Waals surface area contributed by atoms with Crippen LogP contribution in [0.2, 0.25) is 0 Å². The predicted molar refractivity (Wildman–Crippen MR) is 95.3 cm³/mol. The third-order valence-electron chi connectivity index (χ3n) is 5.08. The molecule has 0 aliphatic carbocycles. The molecule has 4 rings (SSSR count). The highest BCUT2D eigenvalue weighted by atomic mass is 16.1. The molecular weight excluding hydrogens is 300 g/mol. The highest BCUT2D eigenvalue weighted by Crippen LogP contribution is 2.22. The van der Waals surface area contributed by atoms with Crippen LogP contribution in [-0.4, -0.2) is 34.5 Å². The summed E-state index contributed by atoms with van der Waals surface area (Å²) in [5.41, 5.74) is 4.50. The lowest BCUT2D eigenvalue weighted by Gasteiger charge is -2.27. The Hall–Kier alpha value is -2.14. The molecule has 1 N–H and O–H groups in total. The summed E-state index contributed by atoms with van der Waals surface area (Å²) in [5.74, 6) is 0.704. The van der Waals surface area contributed by atoms with Crippen LogP contribution >= 0.6 is 0 Å². The van der Waals surface area contributed by atoms with Crippen molar-refractivity contribution in [1.29, 1.82) is 0 Å². The van der Waals surface area contributed by atoms with E-state index in [2.05, 4.69) is 44.0 Å². The monoisotopic (exact) mass is 324 g/mol. The van der Waals surface area contributed by atoms with Crippen molar-refractivity contribution in [2.24, 2.45) is 0 Å². The quantitative estimate of drug-likeness (QED) is 0.941. The number of aryl methyl sites for hydroxylation is 1. The van der Waals surface area contributed by atoms with Crippen LogP contribution < -0.4 is 10.5 Å². The molecule has 2 aromatic rings. The zero-order valence-electron chi connectivity index (χ0n) is 14.2. The maximum Gasteiger partial charge on any atom is 0.254 e. The number of hydrogen-bond acceptors (Lipinski definition) is 4. The van der Waals surface area contributed by atoms with Crippen molar-refractivity contribution in [2.45, 2.75) is 39.3 Å². The Balaban J connectivity index is 1.45. The fourth-order valence-corrected chi connectivity index (χ4v) is 3.80. The molecule has 1 saturated heterocycles. The summed E-state index contributed by atoms with van der Waals surface area (Å²) in [6.07, 6.45) is 3.39. The molecule has 1 aromatic heterocycles. The largest absolute Gasteiger partial charge is 0.372 e. The number of aromatic nitrogens is 2. The van der Waals surface area contributed by atoms with Crippen LogP contribution in [0.25, 0.3) is 0 Å². The first-order valence-corrected chi connectivity index (χ1v) is 8.84. The SMILES string of the molecule is Cc1nc2c(c(=O)[nH]1)CCN(Cc1ccc(N3CCCC3)cc1)C2. The number of aromatic amines is 1. The van der Waals surface area contributed by atoms with E-state index in [1.165, 1.54) is 37.2 Å². The van der Waals surface area contributed by atoms with E-state index in [4.69, 9.17) is 0 Å². The Morgan fingerprint density at radius 2 is 1.88 bits per heavy atom. The van der Waals surface area contributed by atoms with Crippen molar-refractivity contribution < 1.29 is 0 Å². The van der Waals surface area contributed by atoms with Gasteiger partial charge in [0, 0.05) is 44.0 Å². The van der Waals surface area contributed by atoms with Crippen molar-refractivity contribution in [3.8, 4) is 0 Å². The Bertz CT molecular complexity index is 775. The number of fused-ring (bicyclic) bond motifs is 1. The molecule has 24 heavy (non-hydrogen) atoms. The highest BCUT2D eigenvalue weighted by Gasteiger charge is 2.20. The van der Waals surface area contributed by atoms with E-state index in [-0.39, 0.29) is 5.56 Å². The smallest absolute Gasteiger partial charge is 0.254 e. The molecule has 0 bridgehead atoms. The van der Waals surface area contributed by atoms with Crippen LogP contribution in [0, 0.1) is 6.92 Å². The summed E-state index contributed by atoms with van der Waals surface area (Å²) in [7, 11) is 0. The molecule has 0 spiro atoms. The van der Waals surface area contributed by atoms with Gasteiger partial charge in [-0.15, -0.1) is 0 Å². The molecule has 5 nitrogen and oxygen atoms in total. The lowest BCUT2D eigenvalue weighted by atomic mass is 10.1. The standard InChI is InChI=1S/C19H24N4O/c1-14-20-18-13-22(11-8-17(18)19(24)21-14)12-15-4-6-16(7-5-15)23-9-2-3-10-23/h4-7H,2-3,8-13H2,1H3,(H,20,21,24). The van der Waals surface area contributed by atoms with E-state index in [0.717, 1.165) is 37.3 Å². The summed E-state index contributed by atoms with van der Waals surface area (Å²) >= 11 is 0. The zero-order valence-corrected chi connectivity index (χ0v) is 14.2. The first-order valence-electron chi connectivity index (χ1n) is 8.84. The van der Waals surface area contributed by atoms with E-state index in [9.17, 15) is 4.79 Å². The maximum atomic E-state index is 12.0. The number of rotatable bonds is 3. The molecule has 5 heteroatoms. The zero-order chi connectivity index (χ0) is 16.5. The van der Waals surface area contributed by atoms with Gasteiger partial charge in [0.2, 0.25) is 0 Å². The van der Waals surface area contributed by atoms with Crippen LogP contribution in [0.4, 0.5) is 5.69 Å². The summed E-state index contributed by atoms with van der Waals surface area (Å²) in [4.78, 5) is 24.2. The van der Waals surface area contributed by atoms with E-state index >= 15 is 0 Å². The van der Waals surface area contributed by atoms with Crippen LogP contribution in [0.5, 0.6) is 0 Å². The summed E-state index contributed by atoms with van der Waals surface area (Å²) in [6.45, 7) is 6.79. The lowest BCUT2D eigenvalue weighted by molar-refractivity contribution is 0.240. The van der Waals surface area contributed by atoms with Gasteiger partial charge >= 0.3 is 0 Å². The van der Waals surface area contributed by atoms with Crippen molar-refractivity contribution in [3.63, 3.8) is 0 Å². The topological polar surface area (TPSA) is 52.2 Å². The lowest BCUT2D eigenvalue weighted by Crippen LogP contribution is -2.35. The predicted octanol–water partition coefficient (Wildman–Crippen LogP) is 2.24. The Morgan fingerprint density at radius 1 is 1.12 bits per heavy atom. The number of H-pyrrole nitrogens is 1. The minimum Gasteiger partial charge on any atom is -0.372 e. The number of anilines is 1. The van der Waals surface area contributed by atoms with Crippen LogP contribution in [-0.2, 0) is 19.5 Å². The second kappa shape index (κ2) is 6.40. The molecule has 3 heterocycles. The van der Waals surface area contributed by atoms with Crippen molar-refractivity contribution in [2.75, 3.05) is 24.5 Å². The average molecular weight is 324 g/mol. The number of hydrogen-bond donors (Lipinski definition) is 1. The second-order valence-corrected chi connectivity index (χ2v) is 6.90. The van der Waals surface area contributed by atoms with Gasteiger partial charge in [-0.05, 0) is 43.9 Å². The van der Waals surface area contributed by atoms with Gasteiger partial charge in [0.25, 0.3) is 5.56 Å². The minimum atomic E-state index is 0.0344. The Labute approximate surface area is 142 Å². The van der Waals surface area contributed by atoms with Crippen LogP contribution in [0.15, 0.2) is 29.1 Å². The molecule has 0 saturated carbocycles. The fraction of sp³-hybridized carbons (Fsp3) is 0.474. The third-order valence-corrected chi connectivity index (χ3v) is 5.08. The van der Waals surface area contributed by atoms with E-state index < -0.39 is 0 Å². The number of nitrogens with one attached hydrogen (secondary N) is 1. The summed E-state index contributed by atoms with van der Waals surface area (Å²) in [6, 6.07) is 8.95. The second-order valence-electron chi connectivity index (χ2n) is 6.90. The van der Waals surface area contributed by atoms with Crippen molar-refractivity contribution in [3.05, 3.63) is 57.3 Å². The molecule has 0 atom stereocenters. The first kappa shape index (κ1) is 15.4. The van der Waals surface area contributed by atoms with Gasteiger partial charge in [0.1, 0.15) is 5.82 Å². The molecule has 2 aliphatic heterocycles. The van der Waals surface area contributed by atoms with Gasteiger partial charge in [-0.2, -0.15) is 0 Å². The average Bonchev–Trinajstić information content (AvgIpc) is 3.09. The van der Waals surface area contributed by atoms with E-state index in [1.54, 1.807) is 0 Å². The molecule has 126 valence electrons. The van der Waals surface area contributed by atoms with Crippen LogP contribution in [0.3, 0.4) is 0 Å². The molecule has 1 aromatic carbocycles. The third kappa shape index (κ3) is 3.08. The van der Waals surface area contributed by atoms with Gasteiger partial charge in [0.15, 0.2) is 0 Å². The fourth-order valence-electron chi connectivity index (χ4n) is 3.80. The summed E-state index contributed by atoms with van der Waals surface area (Å²) < 4.78 is 0.